The van der Waals surface area contributed by atoms with Crippen LogP contribution >= 0.6 is 0 Å². The molecule has 28 heavy (non-hydrogen) atoms. The van der Waals surface area contributed by atoms with Crippen LogP contribution in [0.4, 0.5) is 4.79 Å². The normalized spacial score (nSPS) is 15.6. The van der Waals surface area contributed by atoms with Gasteiger partial charge in [-0.2, -0.15) is 0 Å². The molecule has 0 aromatic heterocycles. The maximum absolute atomic E-state index is 12.7. The third kappa shape index (κ3) is 5.47. The lowest BCUT2D eigenvalue weighted by molar-refractivity contribution is -0.139. The Morgan fingerprint density at radius 2 is 1.75 bits per heavy atom. The largest absolute Gasteiger partial charge is 0.480 e. The number of carboxylic acids is 1. The Hall–Kier alpha value is -2.08. The number of hydrogen-bond donors (Lipinski definition) is 2. The summed E-state index contributed by atoms with van der Waals surface area (Å²) in [5, 5.41) is 12.2. The molecule has 0 atom stereocenters. The molecule has 1 aliphatic rings. The van der Waals surface area contributed by atoms with Crippen molar-refractivity contribution < 1.29 is 14.7 Å². The van der Waals surface area contributed by atoms with E-state index >= 15 is 0 Å². The molecule has 1 fully saturated rings. The van der Waals surface area contributed by atoms with Crippen molar-refractivity contribution in [1.82, 2.24) is 15.1 Å². The van der Waals surface area contributed by atoms with E-state index in [2.05, 4.69) is 43.4 Å². The van der Waals surface area contributed by atoms with Gasteiger partial charge in [0, 0.05) is 31.1 Å². The number of aliphatic carboxylic acids is 1. The zero-order valence-corrected chi connectivity index (χ0v) is 17.5. The predicted molar refractivity (Wildman–Crippen MR) is 112 cm³/mol. The number of rotatable bonds is 9. The molecule has 2 amide bonds. The fourth-order valence-corrected chi connectivity index (χ4v) is 4.27. The number of benzene rings is 1. The van der Waals surface area contributed by atoms with E-state index in [1.807, 2.05) is 22.8 Å². The van der Waals surface area contributed by atoms with Gasteiger partial charge in [-0.05, 0) is 37.8 Å². The van der Waals surface area contributed by atoms with Crippen LogP contribution in [-0.2, 0) is 10.2 Å². The minimum absolute atomic E-state index is 0.0121. The van der Waals surface area contributed by atoms with Crippen LogP contribution < -0.4 is 5.32 Å². The maximum atomic E-state index is 12.7. The molecule has 1 aliphatic heterocycles. The number of hydrogen-bond acceptors (Lipinski definition) is 3. The first-order valence-electron chi connectivity index (χ1n) is 10.5. The Labute approximate surface area is 168 Å². The first kappa shape index (κ1) is 22.2. The van der Waals surface area contributed by atoms with Gasteiger partial charge >= 0.3 is 12.0 Å². The van der Waals surface area contributed by atoms with Gasteiger partial charge in [-0.25, -0.2) is 4.79 Å². The number of carboxylic acid groups (broad SMARTS) is 1. The van der Waals surface area contributed by atoms with E-state index in [1.165, 1.54) is 5.56 Å². The van der Waals surface area contributed by atoms with Gasteiger partial charge in [0.25, 0.3) is 0 Å². The minimum atomic E-state index is -0.793. The second-order valence-electron chi connectivity index (χ2n) is 7.69. The number of piperidine rings is 1. The molecular formula is C22H35N3O3. The van der Waals surface area contributed by atoms with E-state index in [1.54, 1.807) is 0 Å². The van der Waals surface area contributed by atoms with Gasteiger partial charge in [0.2, 0.25) is 0 Å². The Bertz CT molecular complexity index is 623. The number of amides is 2. The SMILES string of the molecule is CCN(CC(=O)O)C1CCN(C(=O)NCC(CC)(CC)c2ccccc2)CC1. The monoisotopic (exact) mass is 389 g/mol. The van der Waals surface area contributed by atoms with Crippen molar-refractivity contribution in [3.05, 3.63) is 35.9 Å². The average molecular weight is 390 g/mol. The summed E-state index contributed by atoms with van der Waals surface area (Å²) in [5.74, 6) is -0.793. The molecule has 6 nitrogen and oxygen atoms in total. The Kier molecular flexibility index (Phi) is 8.30. The standard InChI is InChI=1S/C22H35N3O3/c1-4-22(5-2,18-10-8-7-9-11-18)17-23-21(28)25-14-12-19(13-15-25)24(6-3)16-20(26)27/h7-11,19H,4-6,12-17H2,1-3H3,(H,23,28)(H,26,27). The summed E-state index contributed by atoms with van der Waals surface area (Å²) in [7, 11) is 0. The first-order valence-corrected chi connectivity index (χ1v) is 10.5. The third-order valence-electron chi connectivity index (χ3n) is 6.33. The number of likely N-dealkylation sites (tertiary alicyclic amines) is 1. The van der Waals surface area contributed by atoms with E-state index < -0.39 is 5.97 Å². The number of carbonyl (C=O) groups is 2. The molecular weight excluding hydrogens is 354 g/mol. The van der Waals surface area contributed by atoms with E-state index in [0.717, 1.165) is 32.2 Å². The Morgan fingerprint density at radius 3 is 2.25 bits per heavy atom. The van der Waals surface area contributed by atoms with Crippen LogP contribution in [0.2, 0.25) is 0 Å². The van der Waals surface area contributed by atoms with Gasteiger partial charge in [0.15, 0.2) is 0 Å². The Balaban J connectivity index is 1.90. The molecule has 1 aromatic rings. The van der Waals surface area contributed by atoms with Crippen molar-refractivity contribution in [2.45, 2.75) is 57.9 Å². The molecule has 2 rings (SSSR count). The summed E-state index contributed by atoms with van der Waals surface area (Å²) in [6, 6.07) is 10.6. The van der Waals surface area contributed by atoms with Crippen molar-refractivity contribution >= 4 is 12.0 Å². The van der Waals surface area contributed by atoms with Crippen LogP contribution in [0.5, 0.6) is 0 Å². The second kappa shape index (κ2) is 10.5. The smallest absolute Gasteiger partial charge is 0.317 e. The molecule has 0 spiro atoms. The summed E-state index contributed by atoms with van der Waals surface area (Å²) >= 11 is 0. The molecule has 0 saturated carbocycles. The second-order valence-corrected chi connectivity index (χ2v) is 7.69. The molecule has 156 valence electrons. The molecule has 1 aromatic carbocycles. The third-order valence-corrected chi connectivity index (χ3v) is 6.33. The molecule has 0 bridgehead atoms. The van der Waals surface area contributed by atoms with Crippen LogP contribution in [0.15, 0.2) is 30.3 Å². The average Bonchev–Trinajstić information content (AvgIpc) is 2.73. The molecule has 2 N–H and O–H groups in total. The number of likely N-dealkylation sites (N-methyl/N-ethyl adjacent to an activating group) is 1. The topological polar surface area (TPSA) is 72.9 Å². The highest BCUT2D eigenvalue weighted by Crippen LogP contribution is 2.31. The zero-order valence-electron chi connectivity index (χ0n) is 17.5. The van der Waals surface area contributed by atoms with Crippen molar-refractivity contribution in [3.8, 4) is 0 Å². The molecule has 0 aliphatic carbocycles. The quantitative estimate of drug-likeness (QED) is 0.679. The van der Waals surface area contributed by atoms with Gasteiger partial charge in [-0.1, -0.05) is 51.1 Å². The van der Waals surface area contributed by atoms with Crippen molar-refractivity contribution in [2.24, 2.45) is 0 Å². The molecule has 1 heterocycles. The fraction of sp³-hybridized carbons (Fsp3) is 0.636. The number of carbonyl (C=O) groups excluding carboxylic acids is 1. The summed E-state index contributed by atoms with van der Waals surface area (Å²) in [4.78, 5) is 27.6. The molecule has 6 heteroatoms. The molecule has 1 saturated heterocycles. The number of nitrogens with one attached hydrogen (secondary N) is 1. The molecule has 0 unspecified atom stereocenters. The highest BCUT2D eigenvalue weighted by molar-refractivity contribution is 5.74. The van der Waals surface area contributed by atoms with Gasteiger partial charge in [0.05, 0.1) is 6.54 Å². The number of urea groups is 1. The lowest BCUT2D eigenvalue weighted by atomic mass is 9.76. The zero-order chi connectivity index (χ0) is 20.6. The summed E-state index contributed by atoms with van der Waals surface area (Å²) < 4.78 is 0. The molecule has 0 radical (unpaired) electrons. The van der Waals surface area contributed by atoms with Crippen molar-refractivity contribution in [1.29, 1.82) is 0 Å². The highest BCUT2D eigenvalue weighted by Gasteiger charge is 2.31. The van der Waals surface area contributed by atoms with E-state index in [9.17, 15) is 9.59 Å². The van der Waals surface area contributed by atoms with Crippen LogP contribution in [-0.4, -0.2) is 65.7 Å². The van der Waals surface area contributed by atoms with Gasteiger partial charge in [0.1, 0.15) is 0 Å². The highest BCUT2D eigenvalue weighted by atomic mass is 16.4. The van der Waals surface area contributed by atoms with Crippen LogP contribution in [0.25, 0.3) is 0 Å². The predicted octanol–water partition coefficient (Wildman–Crippen LogP) is 3.32. The van der Waals surface area contributed by atoms with Gasteiger partial charge < -0.3 is 15.3 Å². The van der Waals surface area contributed by atoms with E-state index in [-0.39, 0.29) is 24.0 Å². The van der Waals surface area contributed by atoms with Crippen LogP contribution in [0, 0.1) is 0 Å². The first-order chi connectivity index (χ1) is 13.5. The van der Waals surface area contributed by atoms with Crippen LogP contribution in [0.3, 0.4) is 0 Å². The lowest BCUT2D eigenvalue weighted by Gasteiger charge is -2.38. The Morgan fingerprint density at radius 1 is 1.14 bits per heavy atom. The van der Waals surface area contributed by atoms with Gasteiger partial charge in [-0.3, -0.25) is 9.69 Å². The van der Waals surface area contributed by atoms with E-state index in [4.69, 9.17) is 5.11 Å². The van der Waals surface area contributed by atoms with E-state index in [0.29, 0.717) is 19.6 Å². The summed E-state index contributed by atoms with van der Waals surface area (Å²) in [6.07, 6.45) is 3.58. The van der Waals surface area contributed by atoms with Gasteiger partial charge in [-0.15, -0.1) is 0 Å². The fourth-order valence-electron chi connectivity index (χ4n) is 4.27. The van der Waals surface area contributed by atoms with Crippen molar-refractivity contribution in [3.63, 3.8) is 0 Å². The lowest BCUT2D eigenvalue weighted by Crippen LogP contribution is -2.52. The summed E-state index contributed by atoms with van der Waals surface area (Å²) in [5.41, 5.74) is 1.22. The van der Waals surface area contributed by atoms with Crippen LogP contribution in [0.1, 0.15) is 52.0 Å². The minimum Gasteiger partial charge on any atom is -0.480 e. The number of nitrogens with zero attached hydrogens (tertiary/aromatic N) is 2. The summed E-state index contributed by atoms with van der Waals surface area (Å²) in [6.45, 7) is 9.09. The van der Waals surface area contributed by atoms with Crippen molar-refractivity contribution in [2.75, 3.05) is 32.7 Å². The maximum Gasteiger partial charge on any atom is 0.317 e.